The van der Waals surface area contributed by atoms with Gasteiger partial charge in [-0.3, -0.25) is 0 Å². The van der Waals surface area contributed by atoms with Crippen LogP contribution in [0.5, 0.6) is 0 Å². The third-order valence-electron chi connectivity index (χ3n) is 2.22. The number of hydrogen-bond acceptors (Lipinski definition) is 3. The SMILES string of the molecule is Cn1c(Cl)cnc1COC1CNC1. The summed E-state index contributed by atoms with van der Waals surface area (Å²) in [5, 5.41) is 3.78. The van der Waals surface area contributed by atoms with Gasteiger partial charge in [-0.2, -0.15) is 0 Å². The number of aromatic nitrogens is 2. The smallest absolute Gasteiger partial charge is 0.135 e. The van der Waals surface area contributed by atoms with E-state index in [9.17, 15) is 0 Å². The van der Waals surface area contributed by atoms with Crippen LogP contribution in [0.1, 0.15) is 5.82 Å². The number of halogens is 1. The van der Waals surface area contributed by atoms with Crippen molar-refractivity contribution in [3.05, 3.63) is 17.2 Å². The van der Waals surface area contributed by atoms with Crippen molar-refractivity contribution >= 4 is 11.6 Å². The molecule has 0 atom stereocenters. The van der Waals surface area contributed by atoms with Crippen molar-refractivity contribution in [1.29, 1.82) is 0 Å². The topological polar surface area (TPSA) is 39.1 Å². The summed E-state index contributed by atoms with van der Waals surface area (Å²) in [6.07, 6.45) is 1.98. The van der Waals surface area contributed by atoms with Crippen LogP contribution >= 0.6 is 11.6 Å². The molecule has 0 radical (unpaired) electrons. The van der Waals surface area contributed by atoms with Gasteiger partial charge in [-0.15, -0.1) is 0 Å². The van der Waals surface area contributed by atoms with E-state index in [1.165, 1.54) is 0 Å². The van der Waals surface area contributed by atoms with Gasteiger partial charge in [0, 0.05) is 20.1 Å². The van der Waals surface area contributed by atoms with Crippen LogP contribution in [-0.4, -0.2) is 28.7 Å². The first kappa shape index (κ1) is 8.99. The summed E-state index contributed by atoms with van der Waals surface area (Å²) in [6, 6.07) is 0. The highest BCUT2D eigenvalue weighted by molar-refractivity contribution is 6.29. The van der Waals surface area contributed by atoms with E-state index >= 15 is 0 Å². The van der Waals surface area contributed by atoms with Crippen molar-refractivity contribution in [2.24, 2.45) is 7.05 Å². The monoisotopic (exact) mass is 201 g/mol. The molecule has 1 aromatic heterocycles. The first-order chi connectivity index (χ1) is 6.27. The lowest BCUT2D eigenvalue weighted by molar-refractivity contribution is 0.00350. The zero-order valence-corrected chi connectivity index (χ0v) is 8.21. The molecule has 0 amide bonds. The Balaban J connectivity index is 1.89. The van der Waals surface area contributed by atoms with Gasteiger partial charge in [0.15, 0.2) is 0 Å². The van der Waals surface area contributed by atoms with Crippen LogP contribution in [0, 0.1) is 0 Å². The molecule has 72 valence electrons. The molecule has 0 aromatic carbocycles. The number of nitrogens with one attached hydrogen (secondary N) is 1. The van der Waals surface area contributed by atoms with Gasteiger partial charge in [0.2, 0.25) is 0 Å². The Morgan fingerprint density at radius 1 is 1.77 bits per heavy atom. The molecule has 13 heavy (non-hydrogen) atoms. The summed E-state index contributed by atoms with van der Waals surface area (Å²) in [5.41, 5.74) is 0. The first-order valence-electron chi connectivity index (χ1n) is 4.26. The maximum Gasteiger partial charge on any atom is 0.135 e. The predicted molar refractivity (Wildman–Crippen MR) is 49.7 cm³/mol. The van der Waals surface area contributed by atoms with Crippen LogP contribution in [0.4, 0.5) is 0 Å². The second-order valence-electron chi connectivity index (χ2n) is 3.15. The molecule has 0 unspecified atom stereocenters. The highest BCUT2D eigenvalue weighted by atomic mass is 35.5. The van der Waals surface area contributed by atoms with Crippen molar-refractivity contribution in [2.45, 2.75) is 12.7 Å². The molecule has 1 aromatic rings. The Bertz CT molecular complexity index is 296. The molecule has 4 nitrogen and oxygen atoms in total. The Kier molecular flexibility index (Phi) is 2.53. The Morgan fingerprint density at radius 2 is 2.54 bits per heavy atom. The third kappa shape index (κ3) is 1.85. The van der Waals surface area contributed by atoms with Crippen LogP contribution in [0.25, 0.3) is 0 Å². The minimum absolute atomic E-state index is 0.343. The molecule has 2 heterocycles. The largest absolute Gasteiger partial charge is 0.368 e. The summed E-state index contributed by atoms with van der Waals surface area (Å²) in [7, 11) is 1.88. The number of rotatable bonds is 3. The average molecular weight is 202 g/mol. The lowest BCUT2D eigenvalue weighted by Crippen LogP contribution is -2.48. The number of imidazole rings is 1. The summed E-state index contributed by atoms with van der Waals surface area (Å²) in [5.74, 6) is 0.872. The fourth-order valence-corrected chi connectivity index (χ4v) is 1.28. The minimum atomic E-state index is 0.343. The van der Waals surface area contributed by atoms with Crippen LogP contribution in [0.15, 0.2) is 6.20 Å². The van der Waals surface area contributed by atoms with E-state index in [0.29, 0.717) is 17.9 Å². The fourth-order valence-electron chi connectivity index (χ4n) is 1.13. The number of nitrogens with zero attached hydrogens (tertiary/aromatic N) is 2. The van der Waals surface area contributed by atoms with Crippen LogP contribution < -0.4 is 5.32 Å². The van der Waals surface area contributed by atoms with E-state index in [1.54, 1.807) is 6.20 Å². The highest BCUT2D eigenvalue weighted by Crippen LogP contribution is 2.11. The van der Waals surface area contributed by atoms with E-state index in [2.05, 4.69) is 10.3 Å². The summed E-state index contributed by atoms with van der Waals surface area (Å²) < 4.78 is 7.38. The quantitative estimate of drug-likeness (QED) is 0.777. The second kappa shape index (κ2) is 3.65. The van der Waals surface area contributed by atoms with E-state index in [4.69, 9.17) is 16.3 Å². The van der Waals surface area contributed by atoms with Gasteiger partial charge in [0.1, 0.15) is 17.6 Å². The summed E-state index contributed by atoms with van der Waals surface area (Å²) >= 11 is 5.83. The average Bonchev–Trinajstić information content (AvgIpc) is 2.33. The first-order valence-corrected chi connectivity index (χ1v) is 4.63. The van der Waals surface area contributed by atoms with Gasteiger partial charge in [-0.1, -0.05) is 11.6 Å². The van der Waals surface area contributed by atoms with Gasteiger partial charge < -0.3 is 14.6 Å². The standard InChI is InChI=1S/C8H12ClN3O/c1-12-7(9)4-11-8(12)5-13-6-2-10-3-6/h4,6,10H,2-3,5H2,1H3. The van der Waals surface area contributed by atoms with Gasteiger partial charge in [0.05, 0.1) is 12.3 Å². The molecule has 0 bridgehead atoms. The normalized spacial score (nSPS) is 17.4. The van der Waals surface area contributed by atoms with Crippen LogP contribution in [0.2, 0.25) is 5.15 Å². The molecule has 1 saturated heterocycles. The molecule has 1 aliphatic heterocycles. The molecule has 1 N–H and O–H groups in total. The van der Waals surface area contributed by atoms with E-state index in [-0.39, 0.29) is 0 Å². The van der Waals surface area contributed by atoms with Crippen LogP contribution in [0.3, 0.4) is 0 Å². The van der Waals surface area contributed by atoms with Crippen molar-refractivity contribution in [2.75, 3.05) is 13.1 Å². The predicted octanol–water partition coefficient (Wildman–Crippen LogP) is 0.562. The highest BCUT2D eigenvalue weighted by Gasteiger charge is 2.17. The van der Waals surface area contributed by atoms with Gasteiger partial charge in [0.25, 0.3) is 0 Å². The minimum Gasteiger partial charge on any atom is -0.368 e. The van der Waals surface area contributed by atoms with E-state index < -0.39 is 0 Å². The Morgan fingerprint density at radius 3 is 3.00 bits per heavy atom. The molecular weight excluding hydrogens is 190 g/mol. The van der Waals surface area contributed by atoms with Crippen molar-refractivity contribution in [3.8, 4) is 0 Å². The molecule has 1 aliphatic rings. The van der Waals surface area contributed by atoms with E-state index in [0.717, 1.165) is 18.9 Å². The Labute approximate surface area is 81.9 Å². The molecule has 5 heteroatoms. The molecule has 0 saturated carbocycles. The van der Waals surface area contributed by atoms with Crippen LogP contribution in [-0.2, 0) is 18.4 Å². The zero-order chi connectivity index (χ0) is 9.26. The molecule has 0 aliphatic carbocycles. The van der Waals surface area contributed by atoms with Crippen molar-refractivity contribution in [1.82, 2.24) is 14.9 Å². The summed E-state index contributed by atoms with van der Waals surface area (Å²) in [6.45, 7) is 2.42. The lowest BCUT2D eigenvalue weighted by Gasteiger charge is -2.26. The Hall–Kier alpha value is -0.580. The lowest BCUT2D eigenvalue weighted by atomic mass is 10.2. The second-order valence-corrected chi connectivity index (χ2v) is 3.53. The maximum absolute atomic E-state index is 5.83. The number of hydrogen-bond donors (Lipinski definition) is 1. The molecule has 1 fully saturated rings. The third-order valence-corrected chi connectivity index (χ3v) is 2.57. The molecule has 2 rings (SSSR count). The fraction of sp³-hybridized carbons (Fsp3) is 0.625. The molecular formula is C8H12ClN3O. The number of ether oxygens (including phenoxy) is 1. The van der Waals surface area contributed by atoms with Crippen molar-refractivity contribution in [3.63, 3.8) is 0 Å². The van der Waals surface area contributed by atoms with Crippen molar-refractivity contribution < 1.29 is 4.74 Å². The van der Waals surface area contributed by atoms with Gasteiger partial charge >= 0.3 is 0 Å². The summed E-state index contributed by atoms with van der Waals surface area (Å²) in [4.78, 5) is 4.13. The molecule has 0 spiro atoms. The van der Waals surface area contributed by atoms with Gasteiger partial charge in [-0.25, -0.2) is 4.98 Å². The van der Waals surface area contributed by atoms with E-state index in [1.807, 2.05) is 11.6 Å². The zero-order valence-electron chi connectivity index (χ0n) is 7.46. The van der Waals surface area contributed by atoms with Gasteiger partial charge in [-0.05, 0) is 0 Å². The maximum atomic E-state index is 5.83.